The number of nitrogens with zero attached hydrogens (tertiary/aromatic N) is 2. The van der Waals surface area contributed by atoms with Crippen LogP contribution in [0.1, 0.15) is 0 Å². The zero-order valence-corrected chi connectivity index (χ0v) is 8.14. The maximum atomic E-state index is 12.6. The van der Waals surface area contributed by atoms with Crippen LogP contribution in [0.4, 0.5) is 4.39 Å². The van der Waals surface area contributed by atoms with Crippen molar-refractivity contribution in [1.29, 1.82) is 0 Å². The van der Waals surface area contributed by atoms with Crippen LogP contribution in [0, 0.1) is 5.82 Å². The van der Waals surface area contributed by atoms with Gasteiger partial charge in [0.2, 0.25) is 0 Å². The number of methoxy groups -OCH3 is 1. The smallest absolute Gasteiger partial charge is 0.141 e. The lowest BCUT2D eigenvalue weighted by Crippen LogP contribution is -1.88. The zero-order chi connectivity index (χ0) is 10.7. The topological polar surface area (TPSA) is 35.0 Å². The molecule has 0 unspecified atom stereocenters. The zero-order valence-electron chi connectivity index (χ0n) is 8.14. The Balaban J connectivity index is 2.40. The summed E-state index contributed by atoms with van der Waals surface area (Å²) >= 11 is 0. The third kappa shape index (κ3) is 2.10. The molecule has 0 spiro atoms. The Labute approximate surface area is 86.6 Å². The summed E-state index contributed by atoms with van der Waals surface area (Å²) in [6.07, 6.45) is 4.44. The van der Waals surface area contributed by atoms with Crippen LogP contribution >= 0.6 is 0 Å². The van der Waals surface area contributed by atoms with Gasteiger partial charge in [0.15, 0.2) is 0 Å². The molecule has 0 aliphatic rings. The van der Waals surface area contributed by atoms with Crippen molar-refractivity contribution in [2.75, 3.05) is 7.11 Å². The highest BCUT2D eigenvalue weighted by molar-refractivity contribution is 5.59. The fourth-order valence-corrected chi connectivity index (χ4v) is 1.22. The van der Waals surface area contributed by atoms with E-state index in [0.29, 0.717) is 11.4 Å². The van der Waals surface area contributed by atoms with E-state index < -0.39 is 0 Å². The van der Waals surface area contributed by atoms with Gasteiger partial charge in [-0.05, 0) is 18.2 Å². The highest BCUT2D eigenvalue weighted by Crippen LogP contribution is 2.20. The van der Waals surface area contributed by atoms with Gasteiger partial charge in [-0.3, -0.25) is 9.97 Å². The molecule has 0 aromatic carbocycles. The summed E-state index contributed by atoms with van der Waals surface area (Å²) in [5.41, 5.74) is 1.47. The van der Waals surface area contributed by atoms with Crippen molar-refractivity contribution in [1.82, 2.24) is 9.97 Å². The molecule has 0 aliphatic carbocycles. The summed E-state index contributed by atoms with van der Waals surface area (Å²) in [5.74, 6) is 0.299. The van der Waals surface area contributed by atoms with Gasteiger partial charge >= 0.3 is 0 Å². The van der Waals surface area contributed by atoms with Crippen LogP contribution in [0.15, 0.2) is 36.8 Å². The van der Waals surface area contributed by atoms with E-state index in [0.717, 1.165) is 5.56 Å². The van der Waals surface area contributed by atoms with E-state index in [1.54, 1.807) is 31.6 Å². The normalized spacial score (nSPS) is 10.0. The van der Waals surface area contributed by atoms with E-state index in [-0.39, 0.29) is 5.82 Å². The fraction of sp³-hybridized carbons (Fsp3) is 0.0909. The number of hydrogen-bond acceptors (Lipinski definition) is 3. The monoisotopic (exact) mass is 204 g/mol. The van der Waals surface area contributed by atoms with Gasteiger partial charge in [-0.15, -0.1) is 0 Å². The van der Waals surface area contributed by atoms with Crippen LogP contribution < -0.4 is 4.74 Å². The first-order chi connectivity index (χ1) is 7.29. The molecule has 15 heavy (non-hydrogen) atoms. The fourth-order valence-electron chi connectivity index (χ4n) is 1.22. The van der Waals surface area contributed by atoms with E-state index in [2.05, 4.69) is 9.97 Å². The predicted octanol–water partition coefficient (Wildman–Crippen LogP) is 2.29. The summed E-state index contributed by atoms with van der Waals surface area (Å²) < 4.78 is 17.7. The first kappa shape index (κ1) is 9.58. The minimum Gasteiger partial charge on any atom is -0.495 e. The molecular weight excluding hydrogens is 195 g/mol. The quantitative estimate of drug-likeness (QED) is 0.752. The lowest BCUT2D eigenvalue weighted by molar-refractivity contribution is 0.413. The molecule has 0 saturated carbocycles. The molecular formula is C11H9FN2O. The van der Waals surface area contributed by atoms with Gasteiger partial charge in [0.1, 0.15) is 11.6 Å². The predicted molar refractivity (Wildman–Crippen MR) is 54.0 cm³/mol. The standard InChI is InChI=1S/C11H9FN2O/c1-15-10-4-8(5-13-7-10)11-3-2-9(12)6-14-11/h2-7H,1H3. The van der Waals surface area contributed by atoms with Crippen molar-refractivity contribution < 1.29 is 9.13 Å². The molecule has 2 aromatic heterocycles. The minimum atomic E-state index is -0.352. The molecule has 0 fully saturated rings. The van der Waals surface area contributed by atoms with Crippen LogP contribution in [0.5, 0.6) is 5.75 Å². The van der Waals surface area contributed by atoms with E-state index in [1.165, 1.54) is 12.3 Å². The van der Waals surface area contributed by atoms with Gasteiger partial charge in [0.25, 0.3) is 0 Å². The van der Waals surface area contributed by atoms with E-state index in [1.807, 2.05) is 0 Å². The Hall–Kier alpha value is -1.97. The molecule has 0 saturated heterocycles. The summed E-state index contributed by atoms with van der Waals surface area (Å²) in [6, 6.07) is 4.76. The van der Waals surface area contributed by atoms with Crippen LogP contribution in [0.25, 0.3) is 11.3 Å². The highest BCUT2D eigenvalue weighted by atomic mass is 19.1. The number of hydrogen-bond donors (Lipinski definition) is 0. The van der Waals surface area contributed by atoms with E-state index in [9.17, 15) is 4.39 Å². The SMILES string of the molecule is COc1cncc(-c2ccc(F)cn2)c1. The van der Waals surface area contributed by atoms with Gasteiger partial charge in [-0.1, -0.05) is 0 Å². The molecule has 0 amide bonds. The molecule has 2 rings (SSSR count). The average Bonchev–Trinajstić information content (AvgIpc) is 2.30. The third-order valence-electron chi connectivity index (χ3n) is 1.97. The van der Waals surface area contributed by atoms with Crippen molar-refractivity contribution in [3.8, 4) is 17.0 Å². The average molecular weight is 204 g/mol. The van der Waals surface area contributed by atoms with Crippen molar-refractivity contribution in [3.63, 3.8) is 0 Å². The number of aromatic nitrogens is 2. The molecule has 0 radical (unpaired) electrons. The van der Waals surface area contributed by atoms with Gasteiger partial charge in [0, 0.05) is 11.8 Å². The van der Waals surface area contributed by atoms with Gasteiger partial charge in [0.05, 0.1) is 25.2 Å². The molecule has 2 heterocycles. The van der Waals surface area contributed by atoms with Gasteiger partial charge < -0.3 is 4.74 Å². The van der Waals surface area contributed by atoms with Crippen molar-refractivity contribution in [3.05, 3.63) is 42.6 Å². The number of pyridine rings is 2. The Morgan fingerprint density at radius 2 is 2.07 bits per heavy atom. The van der Waals surface area contributed by atoms with Crippen molar-refractivity contribution in [2.45, 2.75) is 0 Å². The molecule has 0 N–H and O–H groups in total. The summed E-state index contributed by atoms with van der Waals surface area (Å²) in [4.78, 5) is 7.95. The molecule has 0 bridgehead atoms. The summed E-state index contributed by atoms with van der Waals surface area (Å²) in [6.45, 7) is 0. The minimum absolute atomic E-state index is 0.352. The Morgan fingerprint density at radius 3 is 2.73 bits per heavy atom. The Bertz CT molecular complexity index is 456. The van der Waals surface area contributed by atoms with Gasteiger partial charge in [-0.2, -0.15) is 0 Å². The maximum Gasteiger partial charge on any atom is 0.141 e. The number of rotatable bonds is 2. The second kappa shape index (κ2) is 4.04. The molecule has 4 heteroatoms. The second-order valence-corrected chi connectivity index (χ2v) is 2.98. The Kier molecular flexibility index (Phi) is 2.58. The van der Waals surface area contributed by atoms with E-state index in [4.69, 9.17) is 4.74 Å². The third-order valence-corrected chi connectivity index (χ3v) is 1.97. The Morgan fingerprint density at radius 1 is 1.20 bits per heavy atom. The molecule has 2 aromatic rings. The van der Waals surface area contributed by atoms with Crippen LogP contribution in [-0.2, 0) is 0 Å². The van der Waals surface area contributed by atoms with Crippen molar-refractivity contribution >= 4 is 0 Å². The summed E-state index contributed by atoms with van der Waals surface area (Å²) in [7, 11) is 1.57. The molecule has 76 valence electrons. The first-order valence-corrected chi connectivity index (χ1v) is 4.40. The molecule has 3 nitrogen and oxygen atoms in total. The molecule has 0 aliphatic heterocycles. The first-order valence-electron chi connectivity index (χ1n) is 4.40. The van der Waals surface area contributed by atoms with Gasteiger partial charge in [-0.25, -0.2) is 4.39 Å². The maximum absolute atomic E-state index is 12.6. The summed E-state index contributed by atoms with van der Waals surface area (Å²) in [5, 5.41) is 0. The van der Waals surface area contributed by atoms with E-state index >= 15 is 0 Å². The van der Waals surface area contributed by atoms with Crippen LogP contribution in [0.2, 0.25) is 0 Å². The van der Waals surface area contributed by atoms with Crippen LogP contribution in [-0.4, -0.2) is 17.1 Å². The molecule has 0 atom stereocenters. The van der Waals surface area contributed by atoms with Crippen LogP contribution in [0.3, 0.4) is 0 Å². The number of ether oxygens (including phenoxy) is 1. The van der Waals surface area contributed by atoms with Crippen molar-refractivity contribution in [2.24, 2.45) is 0 Å². The lowest BCUT2D eigenvalue weighted by Gasteiger charge is -2.02. The largest absolute Gasteiger partial charge is 0.495 e. The lowest BCUT2D eigenvalue weighted by atomic mass is 10.2. The number of halogens is 1. The second-order valence-electron chi connectivity index (χ2n) is 2.98. The highest BCUT2D eigenvalue weighted by Gasteiger charge is 2.01.